The first-order valence-electron chi connectivity index (χ1n) is 9.32. The smallest absolute Gasteiger partial charge is 0.252 e. The van der Waals surface area contributed by atoms with Gasteiger partial charge in [0.05, 0.1) is 14.2 Å². The Morgan fingerprint density at radius 1 is 1.14 bits per heavy atom. The number of ether oxygens (including phenoxy) is 2. The van der Waals surface area contributed by atoms with E-state index in [0.29, 0.717) is 41.8 Å². The number of hydrogen-bond donors (Lipinski definition) is 0. The van der Waals surface area contributed by atoms with Crippen LogP contribution in [0.1, 0.15) is 25.3 Å². The van der Waals surface area contributed by atoms with E-state index in [2.05, 4.69) is 0 Å². The summed E-state index contributed by atoms with van der Waals surface area (Å²) in [4.78, 5) is 14.4. The van der Waals surface area contributed by atoms with E-state index in [-0.39, 0.29) is 12.3 Å². The number of thiophene rings is 1. The van der Waals surface area contributed by atoms with Crippen molar-refractivity contribution < 1.29 is 22.7 Å². The first kappa shape index (κ1) is 23.2. The highest BCUT2D eigenvalue weighted by atomic mass is 32.2. The molecule has 2 aromatic rings. The molecule has 2 rings (SSSR count). The summed E-state index contributed by atoms with van der Waals surface area (Å²) in [6.45, 7) is 3.24. The Hall–Kier alpha value is -2.10. The lowest BCUT2D eigenvalue weighted by Crippen LogP contribution is -2.32. The number of amides is 1. The predicted molar refractivity (Wildman–Crippen MR) is 114 cm³/mol. The summed E-state index contributed by atoms with van der Waals surface area (Å²) in [6, 6.07) is 8.87. The zero-order valence-corrected chi connectivity index (χ0v) is 18.9. The molecule has 0 aliphatic heterocycles. The maximum atomic E-state index is 12.6. The van der Waals surface area contributed by atoms with Crippen LogP contribution in [0.4, 0.5) is 0 Å². The molecule has 7 nitrogen and oxygen atoms in total. The summed E-state index contributed by atoms with van der Waals surface area (Å²) < 4.78 is 37.0. The van der Waals surface area contributed by atoms with Crippen LogP contribution >= 0.6 is 11.3 Å². The van der Waals surface area contributed by atoms with Gasteiger partial charge in [-0.3, -0.25) is 4.79 Å². The molecule has 1 heterocycles. The standard InChI is InChI=1S/C20H28N2O5S2/c1-5-22(15-16-10-11-17(26-3)18(14-16)27-4)19(23)8-6-12-21(2)29(24,25)20-9-7-13-28-20/h7,9-11,13-14H,5-6,8,12,15H2,1-4H3. The molecule has 1 aromatic carbocycles. The quantitative estimate of drug-likeness (QED) is 0.536. The van der Waals surface area contributed by atoms with E-state index in [1.54, 1.807) is 43.7 Å². The van der Waals surface area contributed by atoms with Crippen LogP contribution in [0.15, 0.2) is 39.9 Å². The summed E-state index contributed by atoms with van der Waals surface area (Å²) >= 11 is 1.19. The lowest BCUT2D eigenvalue weighted by Gasteiger charge is -2.22. The molecule has 29 heavy (non-hydrogen) atoms. The van der Waals surface area contributed by atoms with Gasteiger partial charge in [0.25, 0.3) is 10.0 Å². The van der Waals surface area contributed by atoms with Crippen molar-refractivity contribution in [2.45, 2.75) is 30.5 Å². The molecule has 0 aliphatic carbocycles. The molecule has 0 N–H and O–H groups in total. The van der Waals surface area contributed by atoms with Gasteiger partial charge in [-0.15, -0.1) is 11.3 Å². The summed E-state index contributed by atoms with van der Waals surface area (Å²) in [5.41, 5.74) is 0.940. The highest BCUT2D eigenvalue weighted by Gasteiger charge is 2.22. The number of carbonyl (C=O) groups is 1. The van der Waals surface area contributed by atoms with E-state index < -0.39 is 10.0 Å². The van der Waals surface area contributed by atoms with Crippen molar-refractivity contribution in [3.8, 4) is 11.5 Å². The minimum atomic E-state index is -3.48. The normalized spacial score (nSPS) is 11.5. The first-order chi connectivity index (χ1) is 13.8. The SMILES string of the molecule is CCN(Cc1ccc(OC)c(OC)c1)C(=O)CCCN(C)S(=O)(=O)c1cccs1. The maximum Gasteiger partial charge on any atom is 0.252 e. The Kier molecular flexibility index (Phi) is 8.48. The van der Waals surface area contributed by atoms with Gasteiger partial charge in [0.1, 0.15) is 4.21 Å². The third-order valence-corrected chi connectivity index (χ3v) is 7.81. The van der Waals surface area contributed by atoms with Gasteiger partial charge < -0.3 is 14.4 Å². The molecule has 0 bridgehead atoms. The van der Waals surface area contributed by atoms with E-state index in [1.807, 2.05) is 25.1 Å². The van der Waals surface area contributed by atoms with E-state index in [9.17, 15) is 13.2 Å². The Balaban J connectivity index is 1.91. The number of sulfonamides is 1. The van der Waals surface area contributed by atoms with Crippen molar-refractivity contribution in [3.63, 3.8) is 0 Å². The number of benzene rings is 1. The van der Waals surface area contributed by atoms with E-state index in [1.165, 1.54) is 15.6 Å². The van der Waals surface area contributed by atoms with Crippen molar-refractivity contribution in [2.75, 3.05) is 34.4 Å². The van der Waals surface area contributed by atoms with Crippen molar-refractivity contribution >= 4 is 27.3 Å². The van der Waals surface area contributed by atoms with E-state index in [0.717, 1.165) is 5.56 Å². The van der Waals surface area contributed by atoms with Crippen molar-refractivity contribution in [1.29, 1.82) is 0 Å². The molecule has 0 saturated heterocycles. The minimum absolute atomic E-state index is 0.00999. The van der Waals surface area contributed by atoms with E-state index >= 15 is 0 Å². The van der Waals surface area contributed by atoms with Crippen LogP contribution < -0.4 is 9.47 Å². The van der Waals surface area contributed by atoms with Gasteiger partial charge in [-0.25, -0.2) is 12.7 Å². The minimum Gasteiger partial charge on any atom is -0.493 e. The fourth-order valence-electron chi connectivity index (χ4n) is 2.87. The zero-order chi connectivity index (χ0) is 21.4. The van der Waals surface area contributed by atoms with Crippen molar-refractivity contribution in [3.05, 3.63) is 41.3 Å². The van der Waals surface area contributed by atoms with Crippen LogP contribution in [0.25, 0.3) is 0 Å². The highest BCUT2D eigenvalue weighted by molar-refractivity contribution is 7.91. The number of hydrogen-bond acceptors (Lipinski definition) is 6. The molecule has 0 aliphatic rings. The fourth-order valence-corrected chi connectivity index (χ4v) is 5.28. The number of rotatable bonds is 11. The average molecular weight is 441 g/mol. The molecule has 1 amide bonds. The van der Waals surface area contributed by atoms with Crippen LogP contribution in [-0.2, 0) is 21.4 Å². The molecule has 0 atom stereocenters. The molecular weight excluding hydrogens is 412 g/mol. The van der Waals surface area contributed by atoms with Crippen LogP contribution in [0.5, 0.6) is 11.5 Å². The molecule has 9 heteroatoms. The van der Waals surface area contributed by atoms with Crippen LogP contribution in [0.3, 0.4) is 0 Å². The number of carbonyl (C=O) groups excluding carboxylic acids is 1. The lowest BCUT2D eigenvalue weighted by atomic mass is 10.1. The molecule has 1 aromatic heterocycles. The largest absolute Gasteiger partial charge is 0.493 e. The zero-order valence-electron chi connectivity index (χ0n) is 17.3. The molecule has 160 valence electrons. The Morgan fingerprint density at radius 2 is 1.86 bits per heavy atom. The molecule has 0 radical (unpaired) electrons. The van der Waals surface area contributed by atoms with Crippen LogP contribution in [0.2, 0.25) is 0 Å². The molecule has 0 fully saturated rings. The molecule has 0 unspecified atom stereocenters. The summed E-state index contributed by atoms with van der Waals surface area (Å²) in [5.74, 6) is 1.25. The second-order valence-electron chi connectivity index (χ2n) is 6.46. The van der Waals surface area contributed by atoms with Gasteiger partial charge in [-0.2, -0.15) is 0 Å². The number of methoxy groups -OCH3 is 2. The van der Waals surface area contributed by atoms with Gasteiger partial charge >= 0.3 is 0 Å². The third kappa shape index (κ3) is 5.94. The van der Waals surface area contributed by atoms with Gasteiger partial charge in [0.2, 0.25) is 5.91 Å². The van der Waals surface area contributed by atoms with Crippen LogP contribution in [0, 0.1) is 0 Å². The Bertz CT molecular complexity index is 898. The molecule has 0 spiro atoms. The van der Waals surface area contributed by atoms with Crippen LogP contribution in [-0.4, -0.2) is 57.9 Å². The molecule has 0 saturated carbocycles. The van der Waals surface area contributed by atoms with Gasteiger partial charge in [-0.05, 0) is 42.5 Å². The summed E-state index contributed by atoms with van der Waals surface area (Å²) in [6.07, 6.45) is 0.744. The highest BCUT2D eigenvalue weighted by Crippen LogP contribution is 2.28. The average Bonchev–Trinajstić information content (AvgIpc) is 3.27. The molecular formula is C20H28N2O5S2. The lowest BCUT2D eigenvalue weighted by molar-refractivity contribution is -0.131. The summed E-state index contributed by atoms with van der Waals surface area (Å²) in [7, 11) is 1.21. The Morgan fingerprint density at radius 3 is 2.45 bits per heavy atom. The van der Waals surface area contributed by atoms with E-state index in [4.69, 9.17) is 9.47 Å². The fraction of sp³-hybridized carbons (Fsp3) is 0.450. The maximum absolute atomic E-state index is 12.6. The second kappa shape index (κ2) is 10.6. The topological polar surface area (TPSA) is 76.2 Å². The Labute approximate surface area is 176 Å². The third-order valence-electron chi connectivity index (χ3n) is 4.58. The van der Waals surface area contributed by atoms with Crippen molar-refractivity contribution in [2.24, 2.45) is 0 Å². The summed E-state index contributed by atoms with van der Waals surface area (Å²) in [5, 5.41) is 1.73. The monoisotopic (exact) mass is 440 g/mol. The predicted octanol–water partition coefficient (Wildman–Crippen LogP) is 3.21. The van der Waals surface area contributed by atoms with Gasteiger partial charge in [0, 0.05) is 33.1 Å². The first-order valence-corrected chi connectivity index (χ1v) is 11.6. The second-order valence-corrected chi connectivity index (χ2v) is 9.68. The number of nitrogens with zero attached hydrogens (tertiary/aromatic N) is 2. The van der Waals surface area contributed by atoms with Crippen molar-refractivity contribution in [1.82, 2.24) is 9.21 Å². The van der Waals surface area contributed by atoms with Gasteiger partial charge in [-0.1, -0.05) is 12.1 Å². The van der Waals surface area contributed by atoms with Gasteiger partial charge in [0.15, 0.2) is 11.5 Å².